The number of hydrogen-bond donors (Lipinski definition) is 1. The highest BCUT2D eigenvalue weighted by molar-refractivity contribution is 7.17. The van der Waals surface area contributed by atoms with Gasteiger partial charge in [0.2, 0.25) is 0 Å². The lowest BCUT2D eigenvalue weighted by Gasteiger charge is -2.08. The molecule has 0 atom stereocenters. The van der Waals surface area contributed by atoms with Gasteiger partial charge >= 0.3 is 0 Å². The van der Waals surface area contributed by atoms with Gasteiger partial charge in [-0.15, -0.1) is 11.3 Å². The molecule has 0 aliphatic rings. The Hall–Kier alpha value is -1.06. The van der Waals surface area contributed by atoms with Gasteiger partial charge in [0.05, 0.1) is 0 Å². The van der Waals surface area contributed by atoms with Crippen molar-refractivity contribution in [1.82, 2.24) is 4.90 Å². The van der Waals surface area contributed by atoms with Crippen LogP contribution in [-0.4, -0.2) is 19.0 Å². The smallest absolute Gasteiger partial charge is 0.0405 e. The number of nitrogens with zero attached hydrogens (tertiary/aromatic N) is 1. The second-order valence-corrected chi connectivity index (χ2v) is 4.63. The Morgan fingerprint density at radius 2 is 2.14 bits per heavy atom. The summed E-state index contributed by atoms with van der Waals surface area (Å²) in [4.78, 5) is 2.16. The van der Waals surface area contributed by atoms with Crippen molar-refractivity contribution in [2.24, 2.45) is 0 Å². The fraction of sp³-hybridized carbons (Fsp3) is 0.273. The molecule has 0 bridgehead atoms. The first-order chi connectivity index (χ1) is 6.68. The van der Waals surface area contributed by atoms with E-state index in [0.29, 0.717) is 0 Å². The summed E-state index contributed by atoms with van der Waals surface area (Å²) in [5.41, 5.74) is 8.18. The van der Waals surface area contributed by atoms with Crippen molar-refractivity contribution in [3.05, 3.63) is 29.1 Å². The first-order valence-electron chi connectivity index (χ1n) is 4.58. The van der Waals surface area contributed by atoms with Crippen LogP contribution in [-0.2, 0) is 6.54 Å². The molecule has 0 spiro atoms. The molecule has 0 aliphatic heterocycles. The van der Waals surface area contributed by atoms with Crippen molar-refractivity contribution in [2.75, 3.05) is 19.8 Å². The summed E-state index contributed by atoms with van der Waals surface area (Å²) in [6.45, 7) is 0.953. The average molecular weight is 206 g/mol. The van der Waals surface area contributed by atoms with Crippen LogP contribution in [0.1, 0.15) is 5.56 Å². The molecular weight excluding hydrogens is 192 g/mol. The highest BCUT2D eigenvalue weighted by Gasteiger charge is 2.06. The minimum Gasteiger partial charge on any atom is -0.398 e. The first-order valence-corrected chi connectivity index (χ1v) is 5.46. The van der Waals surface area contributed by atoms with E-state index in [0.717, 1.165) is 12.2 Å². The molecule has 2 rings (SSSR count). The number of anilines is 1. The maximum absolute atomic E-state index is 5.97. The van der Waals surface area contributed by atoms with Crippen LogP contribution in [0.25, 0.3) is 10.1 Å². The van der Waals surface area contributed by atoms with E-state index in [1.165, 1.54) is 15.6 Å². The van der Waals surface area contributed by atoms with Crippen molar-refractivity contribution >= 4 is 27.1 Å². The lowest BCUT2D eigenvalue weighted by Crippen LogP contribution is -2.10. The minimum atomic E-state index is 0.889. The van der Waals surface area contributed by atoms with Crippen LogP contribution in [0.15, 0.2) is 23.6 Å². The molecule has 0 saturated carbocycles. The van der Waals surface area contributed by atoms with Gasteiger partial charge in [-0.25, -0.2) is 0 Å². The van der Waals surface area contributed by atoms with Crippen molar-refractivity contribution in [3.63, 3.8) is 0 Å². The minimum absolute atomic E-state index is 0.889. The van der Waals surface area contributed by atoms with Gasteiger partial charge < -0.3 is 10.6 Å². The summed E-state index contributed by atoms with van der Waals surface area (Å²) in [5.74, 6) is 0. The number of hydrogen-bond acceptors (Lipinski definition) is 3. The van der Waals surface area contributed by atoms with Crippen molar-refractivity contribution < 1.29 is 0 Å². The predicted molar refractivity (Wildman–Crippen MR) is 63.6 cm³/mol. The highest BCUT2D eigenvalue weighted by atomic mass is 32.1. The molecule has 74 valence electrons. The summed E-state index contributed by atoms with van der Waals surface area (Å²) >= 11 is 1.76. The summed E-state index contributed by atoms with van der Waals surface area (Å²) in [6.07, 6.45) is 0. The van der Waals surface area contributed by atoms with Crippen molar-refractivity contribution in [3.8, 4) is 0 Å². The molecule has 1 aromatic heterocycles. The van der Waals surface area contributed by atoms with Gasteiger partial charge in [-0.05, 0) is 37.2 Å². The molecule has 14 heavy (non-hydrogen) atoms. The number of rotatable bonds is 2. The number of thiophene rings is 1. The Balaban J connectivity index is 2.55. The number of nitrogens with two attached hydrogens (primary N) is 1. The van der Waals surface area contributed by atoms with E-state index >= 15 is 0 Å². The summed E-state index contributed by atoms with van der Waals surface area (Å²) in [5, 5.41) is 3.42. The Morgan fingerprint density at radius 1 is 1.36 bits per heavy atom. The molecular formula is C11H14N2S. The van der Waals surface area contributed by atoms with Gasteiger partial charge in [0, 0.05) is 22.3 Å². The third-order valence-electron chi connectivity index (χ3n) is 2.19. The first kappa shape index (κ1) is 9.49. The quantitative estimate of drug-likeness (QED) is 0.765. The zero-order valence-corrected chi connectivity index (χ0v) is 9.27. The maximum Gasteiger partial charge on any atom is 0.0405 e. The summed E-state index contributed by atoms with van der Waals surface area (Å²) in [7, 11) is 4.14. The molecule has 2 N–H and O–H groups in total. The van der Waals surface area contributed by atoms with E-state index in [-0.39, 0.29) is 0 Å². The lowest BCUT2D eigenvalue weighted by molar-refractivity contribution is 0.404. The average Bonchev–Trinajstić information content (AvgIpc) is 2.49. The third-order valence-corrected chi connectivity index (χ3v) is 3.19. The molecule has 0 amide bonds. The molecule has 0 unspecified atom stereocenters. The topological polar surface area (TPSA) is 29.3 Å². The Labute approximate surface area is 87.9 Å². The summed E-state index contributed by atoms with van der Waals surface area (Å²) in [6, 6.07) is 6.09. The SMILES string of the molecule is CN(C)Cc1csc2cccc(N)c12. The largest absolute Gasteiger partial charge is 0.398 e. The second-order valence-electron chi connectivity index (χ2n) is 3.72. The molecule has 2 nitrogen and oxygen atoms in total. The Kier molecular flexibility index (Phi) is 2.44. The van der Waals surface area contributed by atoms with Crippen molar-refractivity contribution in [1.29, 1.82) is 0 Å². The molecule has 1 aromatic carbocycles. The summed E-state index contributed by atoms with van der Waals surface area (Å²) < 4.78 is 1.28. The normalized spacial score (nSPS) is 11.4. The monoisotopic (exact) mass is 206 g/mol. The predicted octanol–water partition coefficient (Wildman–Crippen LogP) is 2.55. The van der Waals surface area contributed by atoms with Crippen LogP contribution >= 0.6 is 11.3 Å². The standard InChI is InChI=1S/C11H14N2S/c1-13(2)6-8-7-14-10-5-3-4-9(12)11(8)10/h3-5,7H,6,12H2,1-2H3. The van der Waals surface area contributed by atoms with Gasteiger partial charge in [0.15, 0.2) is 0 Å². The van der Waals surface area contributed by atoms with Gasteiger partial charge in [-0.1, -0.05) is 6.07 Å². The van der Waals surface area contributed by atoms with Gasteiger partial charge in [-0.3, -0.25) is 0 Å². The zero-order valence-electron chi connectivity index (χ0n) is 8.45. The van der Waals surface area contributed by atoms with Crippen LogP contribution in [0.4, 0.5) is 5.69 Å². The van der Waals surface area contributed by atoms with Gasteiger partial charge in [0.25, 0.3) is 0 Å². The van der Waals surface area contributed by atoms with Crippen LogP contribution < -0.4 is 5.73 Å². The van der Waals surface area contributed by atoms with Gasteiger partial charge in [0.1, 0.15) is 0 Å². The van der Waals surface area contributed by atoms with E-state index in [1.54, 1.807) is 11.3 Å². The molecule has 0 fully saturated rings. The van der Waals surface area contributed by atoms with E-state index in [4.69, 9.17) is 5.73 Å². The van der Waals surface area contributed by atoms with E-state index in [2.05, 4.69) is 30.4 Å². The van der Waals surface area contributed by atoms with Crippen LogP contribution in [0.2, 0.25) is 0 Å². The Morgan fingerprint density at radius 3 is 2.86 bits per heavy atom. The van der Waals surface area contributed by atoms with Crippen LogP contribution in [0.3, 0.4) is 0 Å². The molecule has 0 saturated heterocycles. The zero-order chi connectivity index (χ0) is 10.1. The molecule has 0 radical (unpaired) electrons. The van der Waals surface area contributed by atoms with Crippen LogP contribution in [0, 0.1) is 0 Å². The van der Waals surface area contributed by atoms with Crippen molar-refractivity contribution in [2.45, 2.75) is 6.54 Å². The molecule has 3 heteroatoms. The fourth-order valence-electron chi connectivity index (χ4n) is 1.64. The van der Waals surface area contributed by atoms with E-state index in [1.807, 2.05) is 12.1 Å². The lowest BCUT2D eigenvalue weighted by atomic mass is 10.1. The highest BCUT2D eigenvalue weighted by Crippen LogP contribution is 2.30. The Bertz CT molecular complexity index is 445. The molecule has 0 aliphatic carbocycles. The third kappa shape index (κ3) is 1.61. The van der Waals surface area contributed by atoms with Crippen LogP contribution in [0.5, 0.6) is 0 Å². The van der Waals surface area contributed by atoms with E-state index < -0.39 is 0 Å². The molecule has 2 aromatic rings. The second kappa shape index (κ2) is 3.59. The van der Waals surface area contributed by atoms with Gasteiger partial charge in [-0.2, -0.15) is 0 Å². The molecule has 1 heterocycles. The fourth-order valence-corrected chi connectivity index (χ4v) is 2.63. The number of benzene rings is 1. The number of nitrogen functional groups attached to an aromatic ring is 1. The number of fused-ring (bicyclic) bond motifs is 1. The van der Waals surface area contributed by atoms with E-state index in [9.17, 15) is 0 Å². The maximum atomic E-state index is 5.97.